The molecule has 1 aromatic heterocycles. The number of nitrogens with two attached hydrogens (primary N) is 1. The number of aryl methyl sites for hydroxylation is 1. The van der Waals surface area contributed by atoms with Crippen LogP contribution in [0.1, 0.15) is 11.8 Å². The SMILES string of the molecule is COC1C2ON(C)C[C@]1(CO)OC2n1cc(C)c(N)nc1=O. The van der Waals surface area contributed by atoms with Gasteiger partial charge in [0.2, 0.25) is 0 Å². The molecule has 4 atom stereocenters. The van der Waals surface area contributed by atoms with Gasteiger partial charge in [0, 0.05) is 25.9 Å². The predicted molar refractivity (Wildman–Crippen MR) is 75.9 cm³/mol. The topological polar surface area (TPSA) is 112 Å². The number of ether oxygens (including phenoxy) is 2. The third-order valence-electron chi connectivity index (χ3n) is 4.21. The average molecular weight is 312 g/mol. The summed E-state index contributed by atoms with van der Waals surface area (Å²) in [6, 6.07) is 0. The van der Waals surface area contributed by atoms with E-state index in [2.05, 4.69) is 4.98 Å². The van der Waals surface area contributed by atoms with Crippen molar-refractivity contribution in [3.05, 3.63) is 22.2 Å². The molecule has 22 heavy (non-hydrogen) atoms. The zero-order valence-corrected chi connectivity index (χ0v) is 12.7. The summed E-state index contributed by atoms with van der Waals surface area (Å²) in [5.74, 6) is 0.181. The van der Waals surface area contributed by atoms with Crippen LogP contribution < -0.4 is 11.4 Å². The van der Waals surface area contributed by atoms with E-state index in [-0.39, 0.29) is 12.4 Å². The molecule has 3 N–H and O–H groups in total. The van der Waals surface area contributed by atoms with E-state index < -0.39 is 29.7 Å². The van der Waals surface area contributed by atoms with Gasteiger partial charge in [0.05, 0.1) is 13.2 Å². The molecule has 0 aromatic carbocycles. The second-order valence-corrected chi connectivity index (χ2v) is 5.74. The Morgan fingerprint density at radius 1 is 1.64 bits per heavy atom. The number of hydroxylamine groups is 2. The molecule has 0 spiro atoms. The fraction of sp³-hybridized carbons (Fsp3) is 0.692. The van der Waals surface area contributed by atoms with Crippen LogP contribution in [0, 0.1) is 6.92 Å². The summed E-state index contributed by atoms with van der Waals surface area (Å²) >= 11 is 0. The summed E-state index contributed by atoms with van der Waals surface area (Å²) < 4.78 is 12.8. The highest BCUT2D eigenvalue weighted by Gasteiger charge is 2.61. The van der Waals surface area contributed by atoms with E-state index in [9.17, 15) is 9.90 Å². The minimum Gasteiger partial charge on any atom is -0.393 e. The molecule has 2 aliphatic rings. The number of aliphatic hydroxyl groups excluding tert-OH is 1. The molecule has 1 aromatic rings. The van der Waals surface area contributed by atoms with Crippen molar-refractivity contribution in [1.82, 2.24) is 14.6 Å². The molecule has 2 aliphatic heterocycles. The van der Waals surface area contributed by atoms with Crippen molar-refractivity contribution in [2.75, 3.05) is 33.0 Å². The highest BCUT2D eigenvalue weighted by Crippen LogP contribution is 2.43. The number of fused-ring (bicyclic) bond motifs is 2. The van der Waals surface area contributed by atoms with Gasteiger partial charge in [-0.15, -0.1) is 0 Å². The summed E-state index contributed by atoms with van der Waals surface area (Å²) in [6.07, 6.45) is -0.236. The maximum Gasteiger partial charge on any atom is 0.351 e. The molecule has 3 heterocycles. The first kappa shape index (κ1) is 15.4. The van der Waals surface area contributed by atoms with Crippen molar-refractivity contribution in [2.45, 2.75) is 31.0 Å². The summed E-state index contributed by atoms with van der Waals surface area (Å²) in [5, 5.41) is 11.4. The Bertz CT molecular complexity index is 635. The van der Waals surface area contributed by atoms with Gasteiger partial charge >= 0.3 is 5.69 Å². The Labute approximate surface area is 127 Å². The number of aliphatic hydroxyl groups is 1. The van der Waals surface area contributed by atoms with Crippen LogP contribution in [0.4, 0.5) is 5.82 Å². The zero-order chi connectivity index (χ0) is 16.1. The standard InChI is InChI=1S/C13H20N4O5/c1-7-4-17(12(19)15-10(7)14)11-8-9(20-3)13(6-18,21-11)5-16(2)22-8/h4,8-9,11,18H,5-6H2,1-3H3,(H2,14,15,19)/t8?,9?,11?,13-/m1/s1. The first-order valence-electron chi connectivity index (χ1n) is 6.96. The Balaban J connectivity index is 2.06. The van der Waals surface area contributed by atoms with Gasteiger partial charge in [-0.2, -0.15) is 10.0 Å². The highest BCUT2D eigenvalue weighted by molar-refractivity contribution is 5.35. The lowest BCUT2D eigenvalue weighted by Crippen LogP contribution is -2.59. The van der Waals surface area contributed by atoms with Gasteiger partial charge in [-0.05, 0) is 6.92 Å². The maximum absolute atomic E-state index is 12.2. The second kappa shape index (κ2) is 5.28. The molecule has 122 valence electrons. The van der Waals surface area contributed by atoms with E-state index in [0.29, 0.717) is 12.1 Å². The van der Waals surface area contributed by atoms with E-state index >= 15 is 0 Å². The molecule has 0 radical (unpaired) electrons. The first-order chi connectivity index (χ1) is 10.4. The maximum atomic E-state index is 12.2. The molecule has 9 nitrogen and oxygen atoms in total. The molecule has 0 amide bonds. The van der Waals surface area contributed by atoms with Gasteiger partial charge < -0.3 is 20.3 Å². The summed E-state index contributed by atoms with van der Waals surface area (Å²) in [5.41, 5.74) is 4.83. The number of likely N-dealkylation sites (N-methyl/N-ethyl adjacent to an activating group) is 1. The van der Waals surface area contributed by atoms with Gasteiger partial charge in [0.1, 0.15) is 17.5 Å². The van der Waals surface area contributed by atoms with Crippen molar-refractivity contribution in [1.29, 1.82) is 0 Å². The second-order valence-electron chi connectivity index (χ2n) is 5.74. The van der Waals surface area contributed by atoms with Crippen LogP contribution in [0.25, 0.3) is 0 Å². The number of hydrogen-bond donors (Lipinski definition) is 2. The summed E-state index contributed by atoms with van der Waals surface area (Å²) in [4.78, 5) is 21.7. The molecule has 0 aliphatic carbocycles. The fourth-order valence-electron chi connectivity index (χ4n) is 3.18. The van der Waals surface area contributed by atoms with Crippen LogP contribution >= 0.6 is 0 Å². The third kappa shape index (κ3) is 2.13. The van der Waals surface area contributed by atoms with Gasteiger partial charge in [0.15, 0.2) is 12.3 Å². The third-order valence-corrected chi connectivity index (χ3v) is 4.21. The molecule has 3 rings (SSSR count). The van der Waals surface area contributed by atoms with E-state index in [0.717, 1.165) is 0 Å². The van der Waals surface area contributed by atoms with Crippen LogP contribution in [0.3, 0.4) is 0 Å². The number of methoxy groups -OCH3 is 1. The number of rotatable bonds is 3. The Kier molecular flexibility index (Phi) is 3.69. The number of aromatic nitrogens is 2. The van der Waals surface area contributed by atoms with E-state index in [4.69, 9.17) is 20.0 Å². The molecular formula is C13H20N4O5. The van der Waals surface area contributed by atoms with Crippen LogP contribution in [0.15, 0.2) is 11.0 Å². The van der Waals surface area contributed by atoms with Crippen LogP contribution in [0.2, 0.25) is 0 Å². The van der Waals surface area contributed by atoms with Gasteiger partial charge in [0.25, 0.3) is 0 Å². The fourth-order valence-corrected chi connectivity index (χ4v) is 3.18. The van der Waals surface area contributed by atoms with Crippen molar-refractivity contribution in [3.63, 3.8) is 0 Å². The van der Waals surface area contributed by atoms with Gasteiger partial charge in [-0.1, -0.05) is 0 Å². The normalized spacial score (nSPS) is 35.0. The first-order valence-corrected chi connectivity index (χ1v) is 6.96. The lowest BCUT2D eigenvalue weighted by atomic mass is 9.94. The average Bonchev–Trinajstić information content (AvgIpc) is 2.67. The predicted octanol–water partition coefficient (Wildman–Crippen LogP) is -1.35. The Morgan fingerprint density at radius 2 is 2.36 bits per heavy atom. The Morgan fingerprint density at radius 3 is 3.00 bits per heavy atom. The van der Waals surface area contributed by atoms with Crippen molar-refractivity contribution < 1.29 is 19.4 Å². The van der Waals surface area contributed by atoms with E-state index in [1.165, 1.54) is 11.7 Å². The lowest BCUT2D eigenvalue weighted by molar-refractivity contribution is -0.261. The lowest BCUT2D eigenvalue weighted by Gasteiger charge is -2.40. The number of anilines is 1. The monoisotopic (exact) mass is 312 g/mol. The quantitative estimate of drug-likeness (QED) is 0.705. The number of nitrogen functional groups attached to an aromatic ring is 1. The van der Waals surface area contributed by atoms with E-state index in [1.54, 1.807) is 25.2 Å². The smallest absolute Gasteiger partial charge is 0.351 e. The van der Waals surface area contributed by atoms with Gasteiger partial charge in [-0.3, -0.25) is 9.40 Å². The zero-order valence-electron chi connectivity index (χ0n) is 12.7. The molecule has 0 saturated carbocycles. The molecule has 2 saturated heterocycles. The summed E-state index contributed by atoms with van der Waals surface area (Å²) in [6.45, 7) is 1.83. The van der Waals surface area contributed by atoms with Crippen LogP contribution in [0.5, 0.6) is 0 Å². The highest BCUT2D eigenvalue weighted by atomic mass is 16.7. The largest absolute Gasteiger partial charge is 0.393 e. The summed E-state index contributed by atoms with van der Waals surface area (Å²) in [7, 11) is 3.27. The van der Waals surface area contributed by atoms with Gasteiger partial charge in [-0.25, -0.2) is 4.79 Å². The number of hydrogen-bond acceptors (Lipinski definition) is 8. The van der Waals surface area contributed by atoms with E-state index in [1.807, 2.05) is 0 Å². The van der Waals surface area contributed by atoms with Crippen molar-refractivity contribution in [2.24, 2.45) is 0 Å². The van der Waals surface area contributed by atoms with Crippen LogP contribution in [-0.2, 0) is 14.3 Å². The van der Waals surface area contributed by atoms with Crippen molar-refractivity contribution in [3.8, 4) is 0 Å². The molecule has 9 heteroatoms. The number of nitrogens with zero attached hydrogens (tertiary/aromatic N) is 3. The molecule has 2 bridgehead atoms. The molecule has 3 unspecified atom stereocenters. The van der Waals surface area contributed by atoms with Crippen molar-refractivity contribution >= 4 is 5.82 Å². The minimum atomic E-state index is -0.953. The minimum absolute atomic E-state index is 0.181. The Hall–Kier alpha value is -1.52. The van der Waals surface area contributed by atoms with Crippen LogP contribution in [-0.4, -0.2) is 64.8 Å². The molecule has 2 fully saturated rings. The molecular weight excluding hydrogens is 292 g/mol.